The molecule has 6 heteroatoms. The van der Waals surface area contributed by atoms with Crippen LogP contribution in [0.25, 0.3) is 53.9 Å². The van der Waals surface area contributed by atoms with E-state index >= 15 is 0 Å². The Labute approximate surface area is 193 Å². The third-order valence-electron chi connectivity index (χ3n) is 5.42. The topological polar surface area (TPSA) is 51.6 Å². The van der Waals surface area contributed by atoms with E-state index in [-0.39, 0.29) is 0 Å². The number of benzene rings is 2. The lowest BCUT2D eigenvalue weighted by atomic mass is 9.98. The SMILES string of the molecule is c1ncc(-c2cncc(-c3ccc4cc(-c5cncc(-c6cncs6)c5)ccc4c3)c2)s1. The van der Waals surface area contributed by atoms with Crippen molar-refractivity contribution >= 4 is 33.4 Å². The van der Waals surface area contributed by atoms with E-state index in [2.05, 4.69) is 68.5 Å². The van der Waals surface area contributed by atoms with Gasteiger partial charge in [-0.05, 0) is 46.2 Å². The van der Waals surface area contributed by atoms with Gasteiger partial charge in [0.05, 0.1) is 20.8 Å². The average molecular weight is 449 g/mol. The third kappa shape index (κ3) is 3.60. The Balaban J connectivity index is 1.36. The first-order chi connectivity index (χ1) is 15.8. The maximum Gasteiger partial charge on any atom is 0.0797 e. The van der Waals surface area contributed by atoms with E-state index in [1.165, 1.54) is 10.8 Å². The molecule has 0 saturated carbocycles. The normalized spacial score (nSPS) is 11.1. The van der Waals surface area contributed by atoms with Crippen LogP contribution in [0.15, 0.2) is 96.7 Å². The Morgan fingerprint density at radius 1 is 0.406 bits per heavy atom. The van der Waals surface area contributed by atoms with Crippen LogP contribution in [-0.4, -0.2) is 19.9 Å². The van der Waals surface area contributed by atoms with Crippen LogP contribution in [0.2, 0.25) is 0 Å². The van der Waals surface area contributed by atoms with Crippen molar-refractivity contribution in [1.29, 1.82) is 0 Å². The molecular formula is C26H16N4S2. The number of aromatic nitrogens is 4. The summed E-state index contributed by atoms with van der Waals surface area (Å²) in [4.78, 5) is 19.5. The molecule has 0 bridgehead atoms. The van der Waals surface area contributed by atoms with Gasteiger partial charge < -0.3 is 0 Å². The Bertz CT molecular complexity index is 1410. The molecule has 0 amide bonds. The Kier molecular flexibility index (Phi) is 4.79. The molecule has 0 aliphatic rings. The second-order valence-corrected chi connectivity index (χ2v) is 9.21. The number of pyridine rings is 2. The van der Waals surface area contributed by atoms with Gasteiger partial charge in [-0.1, -0.05) is 24.3 Å². The summed E-state index contributed by atoms with van der Waals surface area (Å²) < 4.78 is 0. The molecule has 0 spiro atoms. The van der Waals surface area contributed by atoms with Gasteiger partial charge in [0.15, 0.2) is 0 Å². The molecule has 0 radical (unpaired) electrons. The van der Waals surface area contributed by atoms with Crippen LogP contribution in [0.3, 0.4) is 0 Å². The summed E-state index contributed by atoms with van der Waals surface area (Å²) in [5, 5.41) is 2.39. The maximum absolute atomic E-state index is 4.45. The first-order valence-electron chi connectivity index (χ1n) is 10.1. The minimum Gasteiger partial charge on any atom is -0.263 e. The summed E-state index contributed by atoms with van der Waals surface area (Å²) in [6, 6.07) is 17.5. The van der Waals surface area contributed by atoms with Crippen molar-refractivity contribution in [2.45, 2.75) is 0 Å². The number of hydrogen-bond donors (Lipinski definition) is 0. The van der Waals surface area contributed by atoms with E-state index < -0.39 is 0 Å². The van der Waals surface area contributed by atoms with Gasteiger partial charge in [-0.3, -0.25) is 19.9 Å². The van der Waals surface area contributed by atoms with Gasteiger partial charge in [0.2, 0.25) is 0 Å². The van der Waals surface area contributed by atoms with Crippen molar-refractivity contribution < 1.29 is 0 Å². The fraction of sp³-hybridized carbons (Fsp3) is 0. The van der Waals surface area contributed by atoms with E-state index in [4.69, 9.17) is 0 Å². The Morgan fingerprint density at radius 3 is 1.31 bits per heavy atom. The van der Waals surface area contributed by atoms with Crippen LogP contribution >= 0.6 is 22.7 Å². The molecule has 0 unspecified atom stereocenters. The number of fused-ring (bicyclic) bond motifs is 1. The molecular weight excluding hydrogens is 432 g/mol. The van der Waals surface area contributed by atoms with Crippen molar-refractivity contribution in [2.75, 3.05) is 0 Å². The van der Waals surface area contributed by atoms with Crippen molar-refractivity contribution in [3.8, 4) is 43.1 Å². The predicted octanol–water partition coefficient (Wildman–Crippen LogP) is 7.21. The molecule has 0 N–H and O–H groups in total. The largest absolute Gasteiger partial charge is 0.263 e. The lowest BCUT2D eigenvalue weighted by Crippen LogP contribution is -1.85. The summed E-state index contributed by atoms with van der Waals surface area (Å²) in [5.74, 6) is 0. The molecule has 32 heavy (non-hydrogen) atoms. The standard InChI is InChI=1S/C26H16N4S2/c1-3-19(21-7-23(11-27-9-21)25-13-29-15-31-25)6-18-2-4-20(5-17(1)18)22-8-24(12-28-10-22)26-14-30-16-32-26/h1-16H. The number of rotatable bonds is 4. The monoisotopic (exact) mass is 448 g/mol. The van der Waals surface area contributed by atoms with Crippen molar-refractivity contribution in [1.82, 2.24) is 19.9 Å². The zero-order valence-electron chi connectivity index (χ0n) is 16.8. The molecule has 0 fully saturated rings. The highest BCUT2D eigenvalue weighted by molar-refractivity contribution is 7.13. The highest BCUT2D eigenvalue weighted by Crippen LogP contribution is 2.32. The fourth-order valence-electron chi connectivity index (χ4n) is 3.79. The van der Waals surface area contributed by atoms with Crippen molar-refractivity contribution in [2.24, 2.45) is 0 Å². The summed E-state index contributed by atoms with van der Waals surface area (Å²) in [7, 11) is 0. The van der Waals surface area contributed by atoms with Crippen LogP contribution in [0.1, 0.15) is 0 Å². The van der Waals surface area contributed by atoms with E-state index in [0.29, 0.717) is 0 Å². The maximum atomic E-state index is 4.45. The van der Waals surface area contributed by atoms with E-state index in [0.717, 1.165) is 43.1 Å². The van der Waals surface area contributed by atoms with Gasteiger partial charge >= 0.3 is 0 Å². The highest BCUT2D eigenvalue weighted by Gasteiger charge is 2.07. The van der Waals surface area contributed by atoms with Crippen LogP contribution in [-0.2, 0) is 0 Å². The molecule has 4 nitrogen and oxygen atoms in total. The fourth-order valence-corrected chi connectivity index (χ4v) is 5.00. The van der Waals surface area contributed by atoms with Gasteiger partial charge in [0.1, 0.15) is 0 Å². The molecule has 0 aliphatic heterocycles. The number of hydrogen-bond acceptors (Lipinski definition) is 6. The zero-order valence-corrected chi connectivity index (χ0v) is 18.5. The summed E-state index contributed by atoms with van der Waals surface area (Å²) in [6.07, 6.45) is 11.4. The van der Waals surface area contributed by atoms with Crippen molar-refractivity contribution in [3.05, 3.63) is 96.7 Å². The van der Waals surface area contributed by atoms with Gasteiger partial charge in [-0.15, -0.1) is 22.7 Å². The van der Waals surface area contributed by atoms with Crippen LogP contribution in [0.5, 0.6) is 0 Å². The first-order valence-corrected chi connectivity index (χ1v) is 11.8. The van der Waals surface area contributed by atoms with Gasteiger partial charge in [-0.25, -0.2) is 0 Å². The van der Waals surface area contributed by atoms with Crippen molar-refractivity contribution in [3.63, 3.8) is 0 Å². The summed E-state index contributed by atoms with van der Waals surface area (Å²) in [5.41, 5.74) is 10.4. The quantitative estimate of drug-likeness (QED) is 0.286. The lowest BCUT2D eigenvalue weighted by Gasteiger charge is -2.08. The molecule has 2 aromatic carbocycles. The molecule has 0 aliphatic carbocycles. The summed E-state index contributed by atoms with van der Waals surface area (Å²) in [6.45, 7) is 0. The summed E-state index contributed by atoms with van der Waals surface area (Å²) >= 11 is 3.25. The predicted molar refractivity (Wildman–Crippen MR) is 133 cm³/mol. The number of nitrogens with zero attached hydrogens (tertiary/aromatic N) is 4. The second-order valence-electron chi connectivity index (χ2n) is 7.43. The smallest absolute Gasteiger partial charge is 0.0797 e. The minimum atomic E-state index is 1.09. The van der Waals surface area contributed by atoms with Crippen LogP contribution < -0.4 is 0 Å². The average Bonchev–Trinajstić information content (AvgIpc) is 3.59. The van der Waals surface area contributed by atoms with Gasteiger partial charge in [-0.2, -0.15) is 0 Å². The molecule has 0 saturated heterocycles. The molecule has 4 aromatic heterocycles. The van der Waals surface area contributed by atoms with Gasteiger partial charge in [0.25, 0.3) is 0 Å². The molecule has 6 aromatic rings. The number of thiazole rings is 2. The van der Waals surface area contributed by atoms with E-state index in [1.807, 2.05) is 48.2 Å². The second kappa shape index (κ2) is 8.07. The lowest BCUT2D eigenvalue weighted by molar-refractivity contribution is 1.33. The van der Waals surface area contributed by atoms with Crippen LogP contribution in [0, 0.1) is 0 Å². The first kappa shape index (κ1) is 19.0. The van der Waals surface area contributed by atoms with E-state index in [1.54, 1.807) is 22.7 Å². The molecule has 4 heterocycles. The third-order valence-corrected chi connectivity index (χ3v) is 7.06. The highest BCUT2D eigenvalue weighted by atomic mass is 32.1. The molecule has 6 rings (SSSR count). The molecule has 0 atom stereocenters. The molecule has 152 valence electrons. The Hall–Kier alpha value is -3.74. The van der Waals surface area contributed by atoms with Crippen LogP contribution in [0.4, 0.5) is 0 Å². The minimum absolute atomic E-state index is 1.09. The van der Waals surface area contributed by atoms with E-state index in [9.17, 15) is 0 Å². The zero-order chi connectivity index (χ0) is 21.3. The Morgan fingerprint density at radius 2 is 0.875 bits per heavy atom. The van der Waals surface area contributed by atoms with Gasteiger partial charge in [0, 0.05) is 59.4 Å².